The number of aromatic nitrogens is 1. The Morgan fingerprint density at radius 3 is 2.86 bits per heavy atom. The highest BCUT2D eigenvalue weighted by molar-refractivity contribution is 7.16. The van der Waals surface area contributed by atoms with Gasteiger partial charge in [0.1, 0.15) is 5.01 Å². The summed E-state index contributed by atoms with van der Waals surface area (Å²) in [7, 11) is 0. The van der Waals surface area contributed by atoms with E-state index in [4.69, 9.17) is 17.3 Å². The Labute approximate surface area is 95.4 Å². The van der Waals surface area contributed by atoms with Gasteiger partial charge in [0.2, 0.25) is 0 Å². The summed E-state index contributed by atoms with van der Waals surface area (Å²) in [6.45, 7) is 0.574. The second-order valence-corrected chi connectivity index (χ2v) is 5.47. The summed E-state index contributed by atoms with van der Waals surface area (Å²) in [6.07, 6.45) is 1.80. The van der Waals surface area contributed by atoms with Gasteiger partial charge in [0, 0.05) is 23.0 Å². The van der Waals surface area contributed by atoms with Crippen molar-refractivity contribution in [1.29, 1.82) is 0 Å². The number of hydrogen-bond acceptors (Lipinski definition) is 4. The predicted molar refractivity (Wildman–Crippen MR) is 62.3 cm³/mol. The van der Waals surface area contributed by atoms with Crippen molar-refractivity contribution in [3.63, 3.8) is 0 Å². The summed E-state index contributed by atoms with van der Waals surface area (Å²) in [4.78, 5) is 5.46. The van der Waals surface area contributed by atoms with Gasteiger partial charge in [0.15, 0.2) is 0 Å². The third-order valence-corrected chi connectivity index (χ3v) is 4.16. The van der Waals surface area contributed by atoms with Gasteiger partial charge in [-0.3, -0.25) is 0 Å². The fraction of sp³-hybridized carbons (Fsp3) is 0.222. The maximum Gasteiger partial charge on any atom is 0.102 e. The zero-order valence-electron chi connectivity index (χ0n) is 7.31. The Hall–Kier alpha value is -0.420. The van der Waals surface area contributed by atoms with Gasteiger partial charge < -0.3 is 5.73 Å². The lowest BCUT2D eigenvalue weighted by Crippen LogP contribution is -2.12. The molecule has 14 heavy (non-hydrogen) atoms. The first-order chi connectivity index (χ1) is 6.81. The molecule has 0 fully saturated rings. The fourth-order valence-corrected chi connectivity index (χ4v) is 3.28. The lowest BCUT2D eigenvalue weighted by Gasteiger charge is -2.08. The molecule has 0 aromatic carbocycles. The Morgan fingerprint density at radius 1 is 1.50 bits per heavy atom. The molecule has 0 bridgehead atoms. The van der Waals surface area contributed by atoms with Crippen LogP contribution in [0.15, 0.2) is 23.7 Å². The molecule has 0 aliphatic rings. The van der Waals surface area contributed by atoms with E-state index in [9.17, 15) is 0 Å². The molecule has 74 valence electrons. The molecule has 2 aromatic rings. The molecule has 0 saturated carbocycles. The van der Waals surface area contributed by atoms with Crippen molar-refractivity contribution in [2.75, 3.05) is 6.54 Å². The van der Waals surface area contributed by atoms with E-state index in [1.807, 2.05) is 17.5 Å². The summed E-state index contributed by atoms with van der Waals surface area (Å²) < 4.78 is 0.801. The standard InChI is InChI=1S/C9H9ClN2S2/c10-8-2-1-7(14-8)6(5-11)9-12-3-4-13-9/h1-4,6H,5,11H2. The van der Waals surface area contributed by atoms with Crippen molar-refractivity contribution in [2.24, 2.45) is 5.73 Å². The van der Waals surface area contributed by atoms with Crippen LogP contribution in [0.2, 0.25) is 4.34 Å². The van der Waals surface area contributed by atoms with Crippen LogP contribution in [0.5, 0.6) is 0 Å². The third-order valence-electron chi connectivity index (χ3n) is 1.92. The maximum atomic E-state index is 5.88. The lowest BCUT2D eigenvalue weighted by atomic mass is 10.1. The molecule has 2 rings (SSSR count). The largest absolute Gasteiger partial charge is 0.329 e. The Bertz CT molecular complexity index is 397. The fourth-order valence-electron chi connectivity index (χ4n) is 1.26. The van der Waals surface area contributed by atoms with Crippen molar-refractivity contribution in [3.05, 3.63) is 37.9 Å². The van der Waals surface area contributed by atoms with Gasteiger partial charge in [-0.05, 0) is 12.1 Å². The average molecular weight is 245 g/mol. The molecule has 5 heteroatoms. The monoisotopic (exact) mass is 244 g/mol. The number of nitrogens with zero attached hydrogens (tertiary/aromatic N) is 1. The number of rotatable bonds is 3. The van der Waals surface area contributed by atoms with Gasteiger partial charge in [-0.2, -0.15) is 0 Å². The van der Waals surface area contributed by atoms with Crippen LogP contribution < -0.4 is 5.73 Å². The number of halogens is 1. The Balaban J connectivity index is 2.31. The van der Waals surface area contributed by atoms with Crippen LogP contribution in [0.4, 0.5) is 0 Å². The molecule has 0 aliphatic carbocycles. The van der Waals surface area contributed by atoms with Crippen molar-refractivity contribution >= 4 is 34.3 Å². The van der Waals surface area contributed by atoms with Crippen LogP contribution in [0.1, 0.15) is 15.8 Å². The minimum absolute atomic E-state index is 0.201. The maximum absolute atomic E-state index is 5.88. The molecule has 0 saturated heterocycles. The smallest absolute Gasteiger partial charge is 0.102 e. The minimum Gasteiger partial charge on any atom is -0.329 e. The van der Waals surface area contributed by atoms with Gasteiger partial charge in [-0.25, -0.2) is 4.98 Å². The van der Waals surface area contributed by atoms with Crippen LogP contribution in [-0.2, 0) is 0 Å². The zero-order chi connectivity index (χ0) is 9.97. The average Bonchev–Trinajstić information content (AvgIpc) is 2.79. The van der Waals surface area contributed by atoms with Gasteiger partial charge in [-0.1, -0.05) is 11.6 Å². The summed E-state index contributed by atoms with van der Waals surface area (Å²) in [5, 5.41) is 3.03. The van der Waals surface area contributed by atoms with Crippen molar-refractivity contribution < 1.29 is 0 Å². The topological polar surface area (TPSA) is 38.9 Å². The number of thiophene rings is 1. The molecule has 1 atom stereocenters. The van der Waals surface area contributed by atoms with Crippen molar-refractivity contribution in [2.45, 2.75) is 5.92 Å². The van der Waals surface area contributed by atoms with Crippen LogP contribution in [0.25, 0.3) is 0 Å². The Kier molecular flexibility index (Phi) is 3.18. The molecule has 0 aliphatic heterocycles. The number of thiazole rings is 1. The molecule has 0 amide bonds. The molecule has 0 radical (unpaired) electrons. The van der Waals surface area contributed by atoms with Crippen molar-refractivity contribution in [3.8, 4) is 0 Å². The van der Waals surface area contributed by atoms with E-state index in [1.165, 1.54) is 4.88 Å². The highest BCUT2D eigenvalue weighted by Crippen LogP contribution is 2.32. The van der Waals surface area contributed by atoms with E-state index in [2.05, 4.69) is 4.98 Å². The first-order valence-electron chi connectivity index (χ1n) is 4.16. The van der Waals surface area contributed by atoms with Crippen molar-refractivity contribution in [1.82, 2.24) is 4.98 Å². The summed E-state index contributed by atoms with van der Waals surface area (Å²) >= 11 is 9.09. The predicted octanol–water partition coefficient (Wildman–Crippen LogP) is 2.95. The van der Waals surface area contributed by atoms with Crippen LogP contribution >= 0.6 is 34.3 Å². The SMILES string of the molecule is NCC(c1ccc(Cl)s1)c1nccs1. The zero-order valence-corrected chi connectivity index (χ0v) is 9.70. The Morgan fingerprint density at radius 2 is 2.36 bits per heavy atom. The van der Waals surface area contributed by atoms with E-state index < -0.39 is 0 Å². The normalized spacial score (nSPS) is 13.0. The molecule has 2 N–H and O–H groups in total. The molecule has 1 unspecified atom stereocenters. The second kappa shape index (κ2) is 4.40. The summed E-state index contributed by atoms with van der Waals surface area (Å²) in [6, 6.07) is 3.92. The number of nitrogens with two attached hydrogens (primary N) is 1. The van der Waals surface area contributed by atoms with Crippen LogP contribution in [-0.4, -0.2) is 11.5 Å². The molecular weight excluding hydrogens is 236 g/mol. The van der Waals surface area contributed by atoms with E-state index in [0.29, 0.717) is 6.54 Å². The summed E-state index contributed by atoms with van der Waals surface area (Å²) in [5.41, 5.74) is 5.74. The van der Waals surface area contributed by atoms with E-state index >= 15 is 0 Å². The van der Waals surface area contributed by atoms with Gasteiger partial charge >= 0.3 is 0 Å². The second-order valence-electron chi connectivity index (χ2n) is 2.80. The number of hydrogen-bond donors (Lipinski definition) is 1. The summed E-state index contributed by atoms with van der Waals surface area (Å²) in [5.74, 6) is 0.201. The van der Waals surface area contributed by atoms with Crippen LogP contribution in [0.3, 0.4) is 0 Å². The van der Waals surface area contributed by atoms with Crippen LogP contribution in [0, 0.1) is 0 Å². The van der Waals surface area contributed by atoms with Gasteiger partial charge in [-0.15, -0.1) is 22.7 Å². The van der Waals surface area contributed by atoms with E-state index in [-0.39, 0.29) is 5.92 Å². The molecular formula is C9H9ClN2S2. The van der Waals surface area contributed by atoms with Gasteiger partial charge in [0.25, 0.3) is 0 Å². The molecule has 0 spiro atoms. The lowest BCUT2D eigenvalue weighted by molar-refractivity contribution is 0.825. The highest BCUT2D eigenvalue weighted by Gasteiger charge is 2.16. The third kappa shape index (κ3) is 1.98. The quantitative estimate of drug-likeness (QED) is 0.902. The molecule has 2 heterocycles. The van der Waals surface area contributed by atoms with E-state index in [1.54, 1.807) is 28.9 Å². The highest BCUT2D eigenvalue weighted by atomic mass is 35.5. The molecule has 2 aromatic heterocycles. The first-order valence-corrected chi connectivity index (χ1v) is 6.23. The first kappa shape index (κ1) is 10.1. The minimum atomic E-state index is 0.201. The van der Waals surface area contributed by atoms with E-state index in [0.717, 1.165) is 9.34 Å². The molecule has 2 nitrogen and oxygen atoms in total. The van der Waals surface area contributed by atoms with Gasteiger partial charge in [0.05, 0.1) is 10.3 Å².